The third-order valence-electron chi connectivity index (χ3n) is 4.07. The first kappa shape index (κ1) is 15.8. The van der Waals surface area contributed by atoms with Gasteiger partial charge in [0.1, 0.15) is 0 Å². The Morgan fingerprint density at radius 2 is 2.00 bits per heavy atom. The molecular formula is C16H23N5O2. The Balaban J connectivity index is 1.69. The third-order valence-corrected chi connectivity index (χ3v) is 4.07. The molecule has 1 aromatic carbocycles. The molecule has 1 fully saturated rings. The molecule has 0 radical (unpaired) electrons. The van der Waals surface area contributed by atoms with Gasteiger partial charge < -0.3 is 9.64 Å². The van der Waals surface area contributed by atoms with E-state index in [1.54, 1.807) is 7.05 Å². The van der Waals surface area contributed by atoms with Crippen molar-refractivity contribution in [1.82, 2.24) is 19.7 Å². The third kappa shape index (κ3) is 4.20. The SMILES string of the molecule is Cn1nc(CN(CCN2CCOCC2)c2ccccc2)[nH]c1=O. The molecule has 1 aliphatic heterocycles. The van der Waals surface area contributed by atoms with E-state index in [0.717, 1.165) is 45.1 Å². The van der Waals surface area contributed by atoms with Gasteiger partial charge in [-0.3, -0.25) is 9.88 Å². The minimum Gasteiger partial charge on any atom is -0.379 e. The standard InChI is InChI=1S/C16H23N5O2/c1-19-16(22)17-15(18-19)13-21(14-5-3-2-4-6-14)8-7-20-9-11-23-12-10-20/h2-6H,7-13H2,1H3,(H,17,18,22). The van der Waals surface area contributed by atoms with Gasteiger partial charge in [-0.2, -0.15) is 5.10 Å². The fourth-order valence-corrected chi connectivity index (χ4v) is 2.73. The number of aromatic amines is 1. The first-order chi connectivity index (χ1) is 11.2. The summed E-state index contributed by atoms with van der Waals surface area (Å²) in [5, 5.41) is 4.24. The first-order valence-corrected chi connectivity index (χ1v) is 7.94. The number of aryl methyl sites for hydroxylation is 1. The number of hydrogen-bond acceptors (Lipinski definition) is 5. The molecule has 1 aromatic heterocycles. The normalized spacial score (nSPS) is 15.7. The Morgan fingerprint density at radius 3 is 2.65 bits per heavy atom. The number of rotatable bonds is 6. The number of benzene rings is 1. The lowest BCUT2D eigenvalue weighted by Crippen LogP contribution is -2.41. The highest BCUT2D eigenvalue weighted by Gasteiger charge is 2.14. The van der Waals surface area contributed by atoms with Crippen LogP contribution in [-0.2, 0) is 18.3 Å². The van der Waals surface area contributed by atoms with E-state index in [9.17, 15) is 4.79 Å². The number of nitrogens with zero attached hydrogens (tertiary/aromatic N) is 4. The molecule has 0 amide bonds. The molecule has 2 aromatic rings. The number of para-hydroxylation sites is 1. The molecule has 3 rings (SSSR count). The van der Waals surface area contributed by atoms with E-state index < -0.39 is 0 Å². The van der Waals surface area contributed by atoms with Gasteiger partial charge in [0.05, 0.1) is 19.8 Å². The van der Waals surface area contributed by atoms with Gasteiger partial charge in [-0.15, -0.1) is 0 Å². The van der Waals surface area contributed by atoms with Crippen LogP contribution in [0.25, 0.3) is 0 Å². The number of nitrogens with one attached hydrogen (secondary N) is 1. The van der Waals surface area contributed by atoms with Crippen LogP contribution in [0.15, 0.2) is 35.1 Å². The smallest absolute Gasteiger partial charge is 0.343 e. The number of aromatic nitrogens is 3. The van der Waals surface area contributed by atoms with Crippen LogP contribution < -0.4 is 10.6 Å². The van der Waals surface area contributed by atoms with Crippen LogP contribution in [-0.4, -0.2) is 59.1 Å². The van der Waals surface area contributed by atoms with Crippen molar-refractivity contribution >= 4 is 5.69 Å². The highest BCUT2D eigenvalue weighted by Crippen LogP contribution is 2.15. The van der Waals surface area contributed by atoms with E-state index in [2.05, 4.69) is 32.0 Å². The quantitative estimate of drug-likeness (QED) is 0.838. The maximum Gasteiger partial charge on any atom is 0.343 e. The van der Waals surface area contributed by atoms with Gasteiger partial charge >= 0.3 is 5.69 Å². The molecule has 0 atom stereocenters. The molecule has 0 bridgehead atoms. The largest absolute Gasteiger partial charge is 0.379 e. The van der Waals surface area contributed by atoms with Crippen molar-refractivity contribution in [2.75, 3.05) is 44.3 Å². The van der Waals surface area contributed by atoms with Crippen LogP contribution in [0.5, 0.6) is 0 Å². The van der Waals surface area contributed by atoms with Crippen LogP contribution >= 0.6 is 0 Å². The van der Waals surface area contributed by atoms with E-state index in [4.69, 9.17) is 4.74 Å². The fraction of sp³-hybridized carbons (Fsp3) is 0.500. The summed E-state index contributed by atoms with van der Waals surface area (Å²) in [4.78, 5) is 19.0. The van der Waals surface area contributed by atoms with Crippen molar-refractivity contribution in [2.24, 2.45) is 7.05 Å². The molecule has 7 nitrogen and oxygen atoms in total. The predicted molar refractivity (Wildman–Crippen MR) is 88.6 cm³/mol. The van der Waals surface area contributed by atoms with Crippen LogP contribution in [0.1, 0.15) is 5.82 Å². The minimum atomic E-state index is -0.179. The molecule has 0 aliphatic carbocycles. The van der Waals surface area contributed by atoms with Crippen molar-refractivity contribution in [2.45, 2.75) is 6.54 Å². The van der Waals surface area contributed by atoms with Gasteiger partial charge in [-0.25, -0.2) is 9.48 Å². The summed E-state index contributed by atoms with van der Waals surface area (Å²) >= 11 is 0. The van der Waals surface area contributed by atoms with Crippen LogP contribution in [0.4, 0.5) is 5.69 Å². The minimum absolute atomic E-state index is 0.179. The van der Waals surface area contributed by atoms with Gasteiger partial charge in [-0.05, 0) is 12.1 Å². The maximum atomic E-state index is 11.6. The molecule has 2 heterocycles. The highest BCUT2D eigenvalue weighted by molar-refractivity contribution is 5.45. The molecule has 1 N–H and O–H groups in total. The van der Waals surface area contributed by atoms with Gasteiger partial charge in [0, 0.05) is 38.9 Å². The Hall–Kier alpha value is -2.12. The second kappa shape index (κ2) is 7.43. The van der Waals surface area contributed by atoms with Gasteiger partial charge in [-0.1, -0.05) is 18.2 Å². The highest BCUT2D eigenvalue weighted by atomic mass is 16.5. The monoisotopic (exact) mass is 317 g/mol. The van der Waals surface area contributed by atoms with Crippen LogP contribution in [0.3, 0.4) is 0 Å². The number of ether oxygens (including phenoxy) is 1. The summed E-state index contributed by atoms with van der Waals surface area (Å²) in [6.07, 6.45) is 0. The lowest BCUT2D eigenvalue weighted by Gasteiger charge is -2.30. The van der Waals surface area contributed by atoms with Gasteiger partial charge in [0.25, 0.3) is 0 Å². The molecule has 1 saturated heterocycles. The van der Waals surface area contributed by atoms with E-state index in [1.165, 1.54) is 4.68 Å². The summed E-state index contributed by atoms with van der Waals surface area (Å²) in [6, 6.07) is 10.2. The Bertz CT molecular complexity index is 661. The van der Waals surface area contributed by atoms with Crippen molar-refractivity contribution in [1.29, 1.82) is 0 Å². The van der Waals surface area contributed by atoms with Crippen LogP contribution in [0, 0.1) is 0 Å². The predicted octanol–water partition coefficient (Wildman–Crippen LogP) is 0.447. The molecule has 7 heteroatoms. The summed E-state index contributed by atoms with van der Waals surface area (Å²) in [5.41, 5.74) is 0.952. The van der Waals surface area contributed by atoms with E-state index in [0.29, 0.717) is 12.4 Å². The van der Waals surface area contributed by atoms with Crippen LogP contribution in [0.2, 0.25) is 0 Å². The van der Waals surface area contributed by atoms with Crippen molar-refractivity contribution in [3.63, 3.8) is 0 Å². The maximum absolute atomic E-state index is 11.6. The lowest BCUT2D eigenvalue weighted by molar-refractivity contribution is 0.0391. The summed E-state index contributed by atoms with van der Waals surface area (Å²) in [7, 11) is 1.66. The fourth-order valence-electron chi connectivity index (χ4n) is 2.73. The zero-order valence-electron chi connectivity index (χ0n) is 13.4. The Morgan fingerprint density at radius 1 is 1.26 bits per heavy atom. The average molecular weight is 317 g/mol. The molecule has 124 valence electrons. The topological polar surface area (TPSA) is 66.4 Å². The number of morpholine rings is 1. The van der Waals surface area contributed by atoms with Crippen molar-refractivity contribution in [3.8, 4) is 0 Å². The molecule has 0 saturated carbocycles. The van der Waals surface area contributed by atoms with E-state index in [1.807, 2.05) is 18.2 Å². The van der Waals surface area contributed by atoms with Crippen molar-refractivity contribution in [3.05, 3.63) is 46.6 Å². The number of hydrogen-bond donors (Lipinski definition) is 1. The zero-order chi connectivity index (χ0) is 16.1. The van der Waals surface area contributed by atoms with E-state index >= 15 is 0 Å². The summed E-state index contributed by atoms with van der Waals surface area (Å²) in [5.74, 6) is 0.684. The summed E-state index contributed by atoms with van der Waals surface area (Å²) in [6.45, 7) is 5.99. The lowest BCUT2D eigenvalue weighted by atomic mass is 10.2. The van der Waals surface area contributed by atoms with Crippen molar-refractivity contribution < 1.29 is 4.74 Å². The second-order valence-corrected chi connectivity index (χ2v) is 5.71. The second-order valence-electron chi connectivity index (χ2n) is 5.71. The van der Waals surface area contributed by atoms with Gasteiger partial charge in [0.2, 0.25) is 0 Å². The first-order valence-electron chi connectivity index (χ1n) is 7.94. The molecule has 0 unspecified atom stereocenters. The van der Waals surface area contributed by atoms with E-state index in [-0.39, 0.29) is 5.69 Å². The Labute approximate surface area is 135 Å². The van der Waals surface area contributed by atoms with Gasteiger partial charge in [0.15, 0.2) is 5.82 Å². The molecular weight excluding hydrogens is 294 g/mol. The summed E-state index contributed by atoms with van der Waals surface area (Å²) < 4.78 is 6.73. The Kier molecular flexibility index (Phi) is 5.09. The molecule has 0 spiro atoms. The average Bonchev–Trinajstić information content (AvgIpc) is 2.91. The molecule has 1 aliphatic rings. The zero-order valence-corrected chi connectivity index (χ0v) is 13.4. The number of H-pyrrole nitrogens is 1. The number of anilines is 1. The molecule has 23 heavy (non-hydrogen) atoms.